The highest BCUT2D eigenvalue weighted by atomic mass is 32.2. The van der Waals surface area contributed by atoms with Crippen molar-refractivity contribution in [3.63, 3.8) is 0 Å². The van der Waals surface area contributed by atoms with Gasteiger partial charge in [0.25, 0.3) is 0 Å². The Hall–Kier alpha value is -2.48. The zero-order valence-electron chi connectivity index (χ0n) is 14.6. The maximum absolute atomic E-state index is 11.1. The molecule has 0 spiro atoms. The molecule has 0 aliphatic heterocycles. The molecule has 0 saturated carbocycles. The van der Waals surface area contributed by atoms with E-state index in [1.807, 2.05) is 30.5 Å². The molecular formula is C19H18N4OS2. The lowest BCUT2D eigenvalue weighted by molar-refractivity contribution is -0.116. The molecule has 0 atom stereocenters. The second-order valence-corrected chi connectivity index (χ2v) is 7.37. The van der Waals surface area contributed by atoms with Gasteiger partial charge in [-0.1, -0.05) is 24.3 Å². The van der Waals surface area contributed by atoms with Gasteiger partial charge < -0.3 is 10.5 Å². The van der Waals surface area contributed by atoms with Gasteiger partial charge >= 0.3 is 0 Å². The van der Waals surface area contributed by atoms with Gasteiger partial charge in [-0.05, 0) is 30.7 Å². The van der Waals surface area contributed by atoms with Crippen molar-refractivity contribution < 1.29 is 4.79 Å². The predicted octanol–water partition coefficient (Wildman–Crippen LogP) is 4.62. The predicted molar refractivity (Wildman–Crippen MR) is 106 cm³/mol. The first-order valence-electron chi connectivity index (χ1n) is 7.85. The highest BCUT2D eigenvalue weighted by molar-refractivity contribution is 7.99. The normalized spacial score (nSPS) is 10.2. The van der Waals surface area contributed by atoms with Crippen molar-refractivity contribution in [2.24, 2.45) is 0 Å². The third kappa shape index (κ3) is 4.78. The van der Waals surface area contributed by atoms with E-state index in [0.29, 0.717) is 27.7 Å². The number of nitriles is 1. The maximum atomic E-state index is 11.1. The third-order valence-corrected chi connectivity index (χ3v) is 5.56. The lowest BCUT2D eigenvalue weighted by atomic mass is 10.1. The number of ketones is 1. The molecule has 0 aliphatic carbocycles. The number of Topliss-reactive ketones (excluding diaryl/α,β-unsaturated/α-hetero) is 1. The first kappa shape index (κ1) is 19.8. The Balaban J connectivity index is 2.17. The van der Waals surface area contributed by atoms with Crippen LogP contribution in [-0.2, 0) is 17.0 Å². The zero-order valence-corrected chi connectivity index (χ0v) is 16.2. The summed E-state index contributed by atoms with van der Waals surface area (Å²) in [7, 11) is 0. The molecule has 0 bridgehead atoms. The lowest BCUT2D eigenvalue weighted by Gasteiger charge is -2.11. The van der Waals surface area contributed by atoms with Gasteiger partial charge in [0.05, 0.1) is 12.1 Å². The summed E-state index contributed by atoms with van der Waals surface area (Å²) in [5.41, 5.74) is 8.75. The second kappa shape index (κ2) is 9.28. The number of hydrogen-bond donors (Lipinski definition) is 1. The van der Waals surface area contributed by atoms with Crippen LogP contribution >= 0.6 is 23.5 Å². The highest BCUT2D eigenvalue weighted by Gasteiger charge is 2.18. The van der Waals surface area contributed by atoms with Crippen molar-refractivity contribution in [3.8, 4) is 6.07 Å². The maximum Gasteiger partial charge on any atom is 0.242 e. The van der Waals surface area contributed by atoms with E-state index in [-0.39, 0.29) is 17.3 Å². The Bertz CT molecular complexity index is 896. The summed E-state index contributed by atoms with van der Waals surface area (Å²) < 4.78 is 0. The Kier molecular flexibility index (Phi) is 7.08. The summed E-state index contributed by atoms with van der Waals surface area (Å²) in [4.78, 5) is 19.3. The number of hydrogen-bond acceptors (Lipinski definition) is 6. The average Bonchev–Trinajstić information content (AvgIpc) is 2.64. The van der Waals surface area contributed by atoms with Gasteiger partial charge in [0.2, 0.25) is 5.69 Å². The monoisotopic (exact) mass is 382 g/mol. The van der Waals surface area contributed by atoms with E-state index < -0.39 is 0 Å². The summed E-state index contributed by atoms with van der Waals surface area (Å²) in [6.07, 6.45) is 3.11. The largest absolute Gasteiger partial charge is 0.392 e. The second-order valence-electron chi connectivity index (χ2n) is 5.59. The number of nitrogens with zero attached hydrogens (tertiary/aromatic N) is 3. The number of nitrogen functional groups attached to an aromatic ring is 1. The summed E-state index contributed by atoms with van der Waals surface area (Å²) in [5, 5.41) is 10.0. The smallest absolute Gasteiger partial charge is 0.242 e. The number of pyridine rings is 1. The van der Waals surface area contributed by atoms with Crippen LogP contribution in [0.1, 0.15) is 30.0 Å². The number of aryl methyl sites for hydroxylation is 1. The SMILES string of the molecule is [C-]#[N+]c1c(N)nc(SCc2ccc(CCC(C)=O)cc2)c(C#N)c1SC. The van der Waals surface area contributed by atoms with Gasteiger partial charge in [-0.3, -0.25) is 0 Å². The van der Waals surface area contributed by atoms with E-state index in [9.17, 15) is 10.1 Å². The molecular weight excluding hydrogens is 364 g/mol. The Morgan fingerprint density at radius 3 is 2.54 bits per heavy atom. The van der Waals surface area contributed by atoms with Crippen LogP contribution in [0.2, 0.25) is 0 Å². The molecule has 2 rings (SSSR count). The van der Waals surface area contributed by atoms with Crippen LogP contribution in [0.3, 0.4) is 0 Å². The molecule has 2 N–H and O–H groups in total. The van der Waals surface area contributed by atoms with Crippen LogP contribution < -0.4 is 5.73 Å². The number of carbonyl (C=O) groups is 1. The van der Waals surface area contributed by atoms with Gasteiger partial charge in [0.15, 0.2) is 0 Å². The van der Waals surface area contributed by atoms with Crippen molar-refractivity contribution in [3.05, 3.63) is 52.4 Å². The molecule has 132 valence electrons. The molecule has 0 amide bonds. The van der Waals surface area contributed by atoms with Crippen molar-refractivity contribution in [2.45, 2.75) is 35.4 Å². The summed E-state index contributed by atoms with van der Waals surface area (Å²) >= 11 is 2.76. The quantitative estimate of drug-likeness (QED) is 0.555. The van der Waals surface area contributed by atoms with E-state index in [0.717, 1.165) is 17.5 Å². The minimum atomic E-state index is 0.158. The van der Waals surface area contributed by atoms with Crippen molar-refractivity contribution >= 4 is 40.8 Å². The number of carbonyl (C=O) groups excluding carboxylic acids is 1. The lowest BCUT2D eigenvalue weighted by Crippen LogP contribution is -1.98. The van der Waals surface area contributed by atoms with Gasteiger partial charge in [-0.2, -0.15) is 5.26 Å². The summed E-state index contributed by atoms with van der Waals surface area (Å²) in [6.45, 7) is 8.84. The molecule has 1 aromatic heterocycles. The van der Waals surface area contributed by atoms with Crippen LogP contribution in [0.25, 0.3) is 4.85 Å². The molecule has 0 aliphatic rings. The topological polar surface area (TPSA) is 84.1 Å². The Labute approximate surface area is 161 Å². The standard InChI is InChI=1S/C19H18N4OS2/c1-12(24)4-5-13-6-8-14(9-7-13)11-26-19-15(10-20)17(25-3)16(22-2)18(21)23-19/h6-9H,4-5,11H2,1,3H3,(H2,21,23). The summed E-state index contributed by atoms with van der Waals surface area (Å²) in [5.74, 6) is 0.981. The molecule has 0 fully saturated rings. The van der Waals surface area contributed by atoms with Crippen LogP contribution in [-0.4, -0.2) is 17.0 Å². The van der Waals surface area contributed by atoms with Gasteiger partial charge in [0, 0.05) is 17.1 Å². The van der Waals surface area contributed by atoms with Crippen molar-refractivity contribution in [1.82, 2.24) is 4.98 Å². The third-order valence-electron chi connectivity index (χ3n) is 3.71. The summed E-state index contributed by atoms with van der Waals surface area (Å²) in [6, 6.07) is 10.2. The van der Waals surface area contributed by atoms with Gasteiger partial charge in [-0.25, -0.2) is 9.83 Å². The van der Waals surface area contributed by atoms with E-state index in [4.69, 9.17) is 12.3 Å². The first-order valence-corrected chi connectivity index (χ1v) is 10.1. The average molecular weight is 383 g/mol. The van der Waals surface area contributed by atoms with Gasteiger partial charge in [0.1, 0.15) is 22.7 Å². The van der Waals surface area contributed by atoms with E-state index >= 15 is 0 Å². The number of anilines is 1. The minimum absolute atomic E-state index is 0.158. The van der Waals surface area contributed by atoms with Gasteiger partial charge in [-0.15, -0.1) is 23.5 Å². The van der Waals surface area contributed by atoms with Crippen LogP contribution in [0.4, 0.5) is 11.5 Å². The molecule has 26 heavy (non-hydrogen) atoms. The molecule has 0 saturated heterocycles. The molecule has 0 radical (unpaired) electrons. The fourth-order valence-corrected chi connectivity index (χ4v) is 4.04. The highest BCUT2D eigenvalue weighted by Crippen LogP contribution is 2.40. The molecule has 1 aromatic carbocycles. The fraction of sp³-hybridized carbons (Fsp3) is 0.263. The first-order chi connectivity index (χ1) is 12.5. The number of thioether (sulfide) groups is 2. The molecule has 0 unspecified atom stereocenters. The van der Waals surface area contributed by atoms with Crippen molar-refractivity contribution in [2.75, 3.05) is 12.0 Å². The van der Waals surface area contributed by atoms with E-state index in [1.54, 1.807) is 6.92 Å². The number of aromatic nitrogens is 1. The van der Waals surface area contributed by atoms with Crippen LogP contribution in [0, 0.1) is 17.9 Å². The number of nitrogens with two attached hydrogens (primary N) is 1. The zero-order chi connectivity index (χ0) is 19.1. The number of benzene rings is 1. The Morgan fingerprint density at radius 1 is 1.35 bits per heavy atom. The van der Waals surface area contributed by atoms with E-state index in [2.05, 4.69) is 15.9 Å². The fourth-order valence-electron chi connectivity index (χ4n) is 2.33. The molecule has 7 heteroatoms. The number of rotatable bonds is 7. The van der Waals surface area contributed by atoms with Crippen LogP contribution in [0.15, 0.2) is 34.2 Å². The molecule has 5 nitrogen and oxygen atoms in total. The minimum Gasteiger partial charge on any atom is -0.392 e. The van der Waals surface area contributed by atoms with E-state index in [1.165, 1.54) is 23.5 Å². The van der Waals surface area contributed by atoms with Crippen molar-refractivity contribution in [1.29, 1.82) is 5.26 Å². The van der Waals surface area contributed by atoms with Crippen LogP contribution in [0.5, 0.6) is 0 Å². The molecule has 2 aromatic rings. The Morgan fingerprint density at radius 2 is 2.00 bits per heavy atom. The molecule has 1 heterocycles.